The van der Waals surface area contributed by atoms with Crippen LogP contribution in [-0.2, 0) is 0 Å². The first kappa shape index (κ1) is 21.1. The average molecular weight is 353 g/mol. The molecule has 0 bridgehead atoms. The highest BCUT2D eigenvalue weighted by atomic mass is 15.2. The number of rotatable bonds is 2. The van der Waals surface area contributed by atoms with Crippen LogP contribution in [0.25, 0.3) is 0 Å². The van der Waals surface area contributed by atoms with Gasteiger partial charge in [0.15, 0.2) is 0 Å². The van der Waals surface area contributed by atoms with Crippen LogP contribution in [0, 0.1) is 0 Å². The monoisotopic (exact) mass is 352 g/mol. The van der Waals surface area contributed by atoms with E-state index in [1.807, 2.05) is 0 Å². The predicted molar refractivity (Wildman–Crippen MR) is 109 cm³/mol. The fourth-order valence-electron chi connectivity index (χ4n) is 5.09. The Hall–Kier alpha value is -0.160. The predicted octanol–water partition coefficient (Wildman–Crippen LogP) is 3.08. The van der Waals surface area contributed by atoms with Gasteiger partial charge in [0.1, 0.15) is 0 Å². The van der Waals surface area contributed by atoms with Crippen molar-refractivity contribution >= 4 is 0 Å². The second-order valence-corrected chi connectivity index (χ2v) is 10.00. The Bertz CT molecular complexity index is 347. The van der Waals surface area contributed by atoms with Crippen molar-refractivity contribution in [2.24, 2.45) is 0 Å². The minimum Gasteiger partial charge on any atom is -0.317 e. The Morgan fingerprint density at radius 1 is 0.840 bits per heavy atom. The van der Waals surface area contributed by atoms with Gasteiger partial charge in [-0.1, -0.05) is 6.42 Å². The van der Waals surface area contributed by atoms with Crippen molar-refractivity contribution < 1.29 is 0 Å². The summed E-state index contributed by atoms with van der Waals surface area (Å²) < 4.78 is 0. The van der Waals surface area contributed by atoms with Gasteiger partial charge in [0.25, 0.3) is 0 Å². The molecule has 2 N–H and O–H groups in total. The molecule has 3 heterocycles. The van der Waals surface area contributed by atoms with Crippen LogP contribution in [-0.4, -0.2) is 73.2 Å². The van der Waals surface area contributed by atoms with Crippen LogP contribution in [0.5, 0.6) is 0 Å². The maximum atomic E-state index is 3.69. The van der Waals surface area contributed by atoms with Gasteiger partial charge in [-0.2, -0.15) is 0 Å². The lowest BCUT2D eigenvalue weighted by Gasteiger charge is -2.48. The highest BCUT2D eigenvalue weighted by molar-refractivity contribution is 4.99. The number of nitrogens with one attached hydrogen (secondary N) is 2. The third-order valence-corrected chi connectivity index (χ3v) is 6.11. The van der Waals surface area contributed by atoms with Gasteiger partial charge in [-0.25, -0.2) is 0 Å². The number of hydrogen-bond donors (Lipinski definition) is 2. The van der Waals surface area contributed by atoms with Crippen LogP contribution >= 0.6 is 0 Å². The molecule has 3 aliphatic heterocycles. The van der Waals surface area contributed by atoms with Crippen molar-refractivity contribution in [1.29, 1.82) is 0 Å². The maximum absolute atomic E-state index is 3.69. The summed E-state index contributed by atoms with van der Waals surface area (Å²) in [6.45, 7) is 14.4. The smallest absolute Gasteiger partial charge is 0.0145 e. The highest BCUT2D eigenvalue weighted by Gasteiger charge is 2.38. The summed E-state index contributed by atoms with van der Waals surface area (Å²) in [5.74, 6) is 0. The van der Waals surface area contributed by atoms with Gasteiger partial charge < -0.3 is 20.4 Å². The normalized spacial score (nSPS) is 28.4. The highest BCUT2D eigenvalue weighted by Crippen LogP contribution is 2.30. The molecular weight excluding hydrogens is 308 g/mol. The molecule has 0 radical (unpaired) electrons. The van der Waals surface area contributed by atoms with E-state index in [0.29, 0.717) is 6.04 Å². The van der Waals surface area contributed by atoms with E-state index in [1.165, 1.54) is 71.1 Å². The lowest BCUT2D eigenvalue weighted by molar-refractivity contribution is 0.0953. The molecule has 0 aliphatic carbocycles. The third kappa shape index (κ3) is 7.16. The van der Waals surface area contributed by atoms with Crippen LogP contribution in [0.4, 0.5) is 0 Å². The van der Waals surface area contributed by atoms with Gasteiger partial charge in [-0.3, -0.25) is 0 Å². The minimum absolute atomic E-state index is 0.274. The maximum Gasteiger partial charge on any atom is 0.0145 e. The number of nitrogens with zero attached hydrogens (tertiary/aromatic N) is 2. The summed E-state index contributed by atoms with van der Waals surface area (Å²) in [5, 5.41) is 7.12. The first-order valence-electron chi connectivity index (χ1n) is 10.6. The van der Waals surface area contributed by atoms with Crippen LogP contribution < -0.4 is 10.6 Å². The standard InChI is InChI=1S/C11H24N2.C10H20N2/c1-10(2)7-9(13(5)6)8-11(3,4)12-10;1-2-8-12(9-3-1)10-4-6-11-7-5-10/h9,12H,7-8H2,1-6H3;10-11H,1-9H2. The van der Waals surface area contributed by atoms with Gasteiger partial charge in [0.05, 0.1) is 0 Å². The van der Waals surface area contributed by atoms with Crippen LogP contribution in [0.15, 0.2) is 0 Å². The summed E-state index contributed by atoms with van der Waals surface area (Å²) in [6, 6.07) is 1.62. The molecule has 0 amide bonds. The number of likely N-dealkylation sites (tertiary alicyclic amines) is 1. The molecule has 25 heavy (non-hydrogen) atoms. The Balaban J connectivity index is 0.000000181. The van der Waals surface area contributed by atoms with Gasteiger partial charge in [0.2, 0.25) is 0 Å². The van der Waals surface area contributed by atoms with E-state index in [4.69, 9.17) is 0 Å². The van der Waals surface area contributed by atoms with E-state index >= 15 is 0 Å². The Kier molecular flexibility index (Phi) is 7.75. The summed E-state index contributed by atoms with van der Waals surface area (Å²) in [4.78, 5) is 5.06. The zero-order chi connectivity index (χ0) is 18.5. The number of piperidine rings is 3. The van der Waals surface area contributed by atoms with E-state index < -0.39 is 0 Å². The third-order valence-electron chi connectivity index (χ3n) is 6.11. The van der Waals surface area contributed by atoms with Crippen molar-refractivity contribution in [1.82, 2.24) is 20.4 Å². The van der Waals surface area contributed by atoms with Crippen LogP contribution in [0.2, 0.25) is 0 Å². The average Bonchev–Trinajstić information content (AvgIpc) is 2.54. The van der Waals surface area contributed by atoms with E-state index in [0.717, 1.165) is 6.04 Å². The molecule has 3 aliphatic rings. The topological polar surface area (TPSA) is 30.5 Å². The quantitative estimate of drug-likeness (QED) is 0.799. The molecule has 0 aromatic rings. The van der Waals surface area contributed by atoms with Gasteiger partial charge >= 0.3 is 0 Å². The van der Waals surface area contributed by atoms with E-state index in [9.17, 15) is 0 Å². The summed E-state index contributed by atoms with van der Waals surface area (Å²) in [7, 11) is 4.37. The molecule has 4 heteroatoms. The minimum atomic E-state index is 0.274. The Morgan fingerprint density at radius 3 is 1.84 bits per heavy atom. The van der Waals surface area contributed by atoms with Gasteiger partial charge in [-0.15, -0.1) is 0 Å². The molecule has 0 saturated carbocycles. The lowest BCUT2D eigenvalue weighted by Crippen LogP contribution is -2.61. The first-order valence-corrected chi connectivity index (χ1v) is 10.6. The molecule has 0 aromatic carbocycles. The molecule has 0 unspecified atom stereocenters. The fraction of sp³-hybridized carbons (Fsp3) is 1.00. The van der Waals surface area contributed by atoms with Crippen molar-refractivity contribution in [2.75, 3.05) is 40.3 Å². The zero-order valence-electron chi connectivity index (χ0n) is 17.8. The largest absolute Gasteiger partial charge is 0.317 e. The van der Waals surface area contributed by atoms with Crippen molar-refractivity contribution in [3.05, 3.63) is 0 Å². The molecule has 3 saturated heterocycles. The first-order chi connectivity index (χ1) is 11.7. The summed E-state index contributed by atoms with van der Waals surface area (Å²) in [6.07, 6.45) is 9.56. The van der Waals surface area contributed by atoms with Crippen LogP contribution in [0.1, 0.15) is 72.6 Å². The molecular formula is C21H44N4. The van der Waals surface area contributed by atoms with Crippen molar-refractivity contribution in [3.8, 4) is 0 Å². The second kappa shape index (κ2) is 9.16. The van der Waals surface area contributed by atoms with E-state index in [1.54, 1.807) is 0 Å². The van der Waals surface area contributed by atoms with Gasteiger partial charge in [0, 0.05) is 23.2 Å². The fourth-order valence-corrected chi connectivity index (χ4v) is 5.09. The summed E-state index contributed by atoms with van der Waals surface area (Å²) >= 11 is 0. The molecule has 0 spiro atoms. The zero-order valence-corrected chi connectivity index (χ0v) is 17.8. The molecule has 4 nitrogen and oxygen atoms in total. The lowest BCUT2D eigenvalue weighted by atomic mass is 9.79. The van der Waals surface area contributed by atoms with Crippen molar-refractivity contribution in [3.63, 3.8) is 0 Å². The molecule has 3 fully saturated rings. The molecule has 0 aromatic heterocycles. The number of hydrogen-bond acceptors (Lipinski definition) is 4. The Morgan fingerprint density at radius 2 is 1.36 bits per heavy atom. The van der Waals surface area contributed by atoms with Gasteiger partial charge in [-0.05, 0) is 106 Å². The molecule has 148 valence electrons. The van der Waals surface area contributed by atoms with Crippen LogP contribution in [0.3, 0.4) is 0 Å². The molecule has 3 rings (SSSR count). The van der Waals surface area contributed by atoms with Crippen molar-refractivity contribution in [2.45, 2.75) is 95.8 Å². The van der Waals surface area contributed by atoms with E-state index in [2.05, 4.69) is 62.2 Å². The molecule has 0 atom stereocenters. The summed E-state index contributed by atoms with van der Waals surface area (Å²) in [5.41, 5.74) is 0.549. The van der Waals surface area contributed by atoms with E-state index in [-0.39, 0.29) is 11.1 Å². The second-order valence-electron chi connectivity index (χ2n) is 10.00. The Labute approximate surface area is 157 Å². The SMILES string of the molecule is C1CCN(C2CCNCC2)CC1.CN(C)C1CC(C)(C)NC(C)(C)C1.